The number of urea groups is 1. The van der Waals surface area contributed by atoms with Gasteiger partial charge < -0.3 is 21.1 Å². The molecule has 0 aliphatic carbocycles. The van der Waals surface area contributed by atoms with E-state index in [1.165, 1.54) is 6.08 Å². The van der Waals surface area contributed by atoms with Crippen molar-refractivity contribution in [3.05, 3.63) is 65.6 Å². The van der Waals surface area contributed by atoms with Crippen LogP contribution in [0.5, 0.6) is 0 Å². The summed E-state index contributed by atoms with van der Waals surface area (Å²) in [6.07, 6.45) is 1.29. The first kappa shape index (κ1) is 20.4. The molecular formula is C17H11Br4N3O3. The van der Waals surface area contributed by atoms with Crippen molar-refractivity contribution in [1.82, 2.24) is 5.32 Å². The van der Waals surface area contributed by atoms with E-state index in [1.54, 1.807) is 30.3 Å². The minimum atomic E-state index is -0.698. The third kappa shape index (κ3) is 4.39. The third-order valence-electron chi connectivity index (χ3n) is 3.74. The summed E-state index contributed by atoms with van der Waals surface area (Å²) in [7, 11) is 0. The van der Waals surface area contributed by atoms with Gasteiger partial charge in [-0.3, -0.25) is 4.79 Å². The first-order valence-electron chi connectivity index (χ1n) is 7.49. The topological polar surface area (TPSA) is 90.5 Å². The first-order valence-corrected chi connectivity index (χ1v) is 10.7. The number of amides is 3. The highest BCUT2D eigenvalue weighted by molar-refractivity contribution is 9.14. The molecule has 27 heavy (non-hydrogen) atoms. The van der Waals surface area contributed by atoms with Crippen molar-refractivity contribution in [2.45, 2.75) is 6.04 Å². The van der Waals surface area contributed by atoms with Gasteiger partial charge in [-0.15, -0.1) is 0 Å². The van der Waals surface area contributed by atoms with E-state index in [-0.39, 0.29) is 0 Å². The fraction of sp³-hybridized carbons (Fsp3) is 0.0588. The number of aliphatic hydroxyl groups is 1. The van der Waals surface area contributed by atoms with Gasteiger partial charge in [0.2, 0.25) is 0 Å². The number of hydrogen-bond acceptors (Lipinski definition) is 3. The summed E-state index contributed by atoms with van der Waals surface area (Å²) < 4.78 is 2.86. The lowest BCUT2D eigenvalue weighted by Crippen LogP contribution is -2.32. The molecule has 1 unspecified atom stereocenters. The number of benzene rings is 2. The maximum atomic E-state index is 12.6. The zero-order valence-electron chi connectivity index (χ0n) is 13.3. The Bertz CT molecular complexity index is 978. The second-order valence-corrected chi connectivity index (χ2v) is 8.81. The smallest absolute Gasteiger partial charge is 0.320 e. The molecule has 4 N–H and O–H groups in total. The summed E-state index contributed by atoms with van der Waals surface area (Å²) in [6, 6.07) is 7.59. The van der Waals surface area contributed by atoms with Crippen LogP contribution < -0.4 is 16.0 Å². The van der Waals surface area contributed by atoms with Gasteiger partial charge in [-0.1, -0.05) is 18.2 Å². The van der Waals surface area contributed by atoms with E-state index >= 15 is 0 Å². The normalized spacial score (nSPS) is 15.9. The minimum absolute atomic E-state index is 0.467. The molecule has 2 aromatic rings. The highest BCUT2D eigenvalue weighted by Gasteiger charge is 2.24. The lowest BCUT2D eigenvalue weighted by Gasteiger charge is -2.18. The lowest BCUT2D eigenvalue weighted by molar-refractivity contribution is -0.115. The van der Waals surface area contributed by atoms with E-state index in [2.05, 4.69) is 79.7 Å². The van der Waals surface area contributed by atoms with E-state index in [9.17, 15) is 14.7 Å². The number of hydrogen-bond donors (Lipinski definition) is 4. The first-order chi connectivity index (χ1) is 12.8. The van der Waals surface area contributed by atoms with Crippen LogP contribution >= 0.6 is 63.7 Å². The molecule has 1 atom stereocenters. The van der Waals surface area contributed by atoms with Crippen LogP contribution in [0.25, 0.3) is 0 Å². The fourth-order valence-electron chi connectivity index (χ4n) is 2.48. The highest BCUT2D eigenvalue weighted by atomic mass is 79.9. The zero-order valence-corrected chi connectivity index (χ0v) is 19.7. The van der Waals surface area contributed by atoms with Crippen LogP contribution in [-0.4, -0.2) is 17.0 Å². The Morgan fingerprint density at radius 3 is 2.52 bits per heavy atom. The van der Waals surface area contributed by atoms with Gasteiger partial charge in [0.25, 0.3) is 5.91 Å². The van der Waals surface area contributed by atoms with E-state index in [4.69, 9.17) is 0 Å². The van der Waals surface area contributed by atoms with E-state index in [0.717, 1.165) is 8.95 Å². The molecule has 6 nitrogen and oxygen atoms in total. The summed E-state index contributed by atoms with van der Waals surface area (Å²) in [5, 5.41) is 18.0. The summed E-state index contributed by atoms with van der Waals surface area (Å²) in [6.45, 7) is 0. The second kappa shape index (κ2) is 8.34. The van der Waals surface area contributed by atoms with Crippen LogP contribution in [0.4, 0.5) is 16.2 Å². The summed E-state index contributed by atoms with van der Waals surface area (Å²) in [5.41, 5.74) is 1.69. The van der Waals surface area contributed by atoms with Crippen LogP contribution in [0.3, 0.4) is 0 Å². The summed E-state index contributed by atoms with van der Waals surface area (Å²) in [4.78, 5) is 24.5. The third-order valence-corrected chi connectivity index (χ3v) is 7.67. The Balaban J connectivity index is 1.88. The van der Waals surface area contributed by atoms with Crippen molar-refractivity contribution < 1.29 is 14.7 Å². The molecule has 1 aliphatic rings. The predicted octanol–water partition coefficient (Wildman–Crippen LogP) is 5.99. The van der Waals surface area contributed by atoms with Crippen molar-refractivity contribution in [2.75, 3.05) is 10.6 Å². The van der Waals surface area contributed by atoms with Crippen molar-refractivity contribution in [3.8, 4) is 0 Å². The van der Waals surface area contributed by atoms with Crippen molar-refractivity contribution in [3.63, 3.8) is 0 Å². The second-order valence-electron chi connectivity index (χ2n) is 5.51. The molecule has 2 aromatic carbocycles. The number of para-hydroxylation sites is 1. The number of halogens is 4. The number of carbonyl (C=O) groups is 2. The van der Waals surface area contributed by atoms with Crippen LogP contribution in [-0.2, 0) is 4.79 Å². The molecule has 3 amide bonds. The Morgan fingerprint density at radius 2 is 1.78 bits per heavy atom. The monoisotopic (exact) mass is 621 g/mol. The van der Waals surface area contributed by atoms with E-state index in [1.807, 2.05) is 0 Å². The average Bonchev–Trinajstić information content (AvgIpc) is 2.74. The van der Waals surface area contributed by atoms with Crippen LogP contribution in [0, 0.1) is 0 Å². The van der Waals surface area contributed by atoms with Gasteiger partial charge in [-0.05, 0) is 81.9 Å². The molecule has 0 fully saturated rings. The largest absolute Gasteiger partial charge is 0.503 e. The van der Waals surface area contributed by atoms with Crippen molar-refractivity contribution in [1.29, 1.82) is 0 Å². The average molecular weight is 625 g/mol. The summed E-state index contributed by atoms with van der Waals surface area (Å²) in [5.74, 6) is -1.10. The zero-order chi connectivity index (χ0) is 19.7. The number of anilines is 2. The number of aliphatic hydroxyl groups excluding tert-OH is 1. The Hall–Kier alpha value is -1.36. The van der Waals surface area contributed by atoms with Gasteiger partial charge >= 0.3 is 6.03 Å². The number of rotatable bonds is 2. The standard InChI is InChI=1S/C17H11Br4N3O3/c18-8-5-9(19)15(14(21)13(8)20)24-17(27)23-11-6-12(25)16(26)22-10-4-2-1-3-7(10)11/h1-6,11,25H,(H,22,26)(H2,23,24,27). The number of fused-ring (bicyclic) bond motifs is 1. The molecular weight excluding hydrogens is 614 g/mol. The SMILES string of the molecule is O=C(Nc1c(Br)cc(Br)c(Br)c1Br)NC1C=C(O)C(=O)Nc2ccccc21. The van der Waals surface area contributed by atoms with E-state index in [0.29, 0.717) is 25.9 Å². The maximum Gasteiger partial charge on any atom is 0.320 e. The number of carbonyl (C=O) groups excluding carboxylic acids is 2. The fourth-order valence-corrected chi connectivity index (χ4v) is 5.11. The molecule has 1 heterocycles. The molecule has 140 valence electrons. The van der Waals surface area contributed by atoms with Gasteiger partial charge in [0, 0.05) is 24.7 Å². The van der Waals surface area contributed by atoms with Gasteiger partial charge in [0.1, 0.15) is 0 Å². The van der Waals surface area contributed by atoms with Gasteiger partial charge in [0.05, 0.1) is 16.2 Å². The van der Waals surface area contributed by atoms with Gasteiger partial charge in [-0.2, -0.15) is 0 Å². The molecule has 0 saturated heterocycles. The number of nitrogens with one attached hydrogen (secondary N) is 3. The maximum absolute atomic E-state index is 12.6. The Labute approximate surface area is 188 Å². The molecule has 10 heteroatoms. The lowest BCUT2D eigenvalue weighted by atomic mass is 10.1. The van der Waals surface area contributed by atoms with Crippen molar-refractivity contribution in [2.24, 2.45) is 0 Å². The molecule has 3 rings (SSSR count). The Morgan fingerprint density at radius 1 is 1.07 bits per heavy atom. The highest BCUT2D eigenvalue weighted by Crippen LogP contribution is 2.41. The van der Waals surface area contributed by atoms with Crippen LogP contribution in [0.1, 0.15) is 11.6 Å². The molecule has 0 aromatic heterocycles. The molecule has 0 saturated carbocycles. The van der Waals surface area contributed by atoms with Crippen LogP contribution in [0.2, 0.25) is 0 Å². The molecule has 0 radical (unpaired) electrons. The van der Waals surface area contributed by atoms with Crippen LogP contribution in [0.15, 0.2) is 60.1 Å². The van der Waals surface area contributed by atoms with E-state index < -0.39 is 23.7 Å². The predicted molar refractivity (Wildman–Crippen MR) is 118 cm³/mol. The Kier molecular flexibility index (Phi) is 6.29. The molecule has 0 bridgehead atoms. The minimum Gasteiger partial charge on any atom is -0.503 e. The van der Waals surface area contributed by atoms with Gasteiger partial charge in [0.15, 0.2) is 5.76 Å². The molecule has 1 aliphatic heterocycles. The van der Waals surface area contributed by atoms with Crippen molar-refractivity contribution >= 4 is 87.0 Å². The quantitative estimate of drug-likeness (QED) is 0.244. The molecule has 0 spiro atoms. The van der Waals surface area contributed by atoms with Gasteiger partial charge in [-0.25, -0.2) is 4.79 Å². The summed E-state index contributed by atoms with van der Waals surface area (Å²) >= 11 is 13.7.